The monoisotopic (exact) mass is 406 g/mol. The van der Waals surface area contributed by atoms with Crippen molar-refractivity contribution in [3.63, 3.8) is 0 Å². The maximum Gasteiger partial charge on any atom is 0.412 e. The highest BCUT2D eigenvalue weighted by Crippen LogP contribution is 2.16. The lowest BCUT2D eigenvalue weighted by Gasteiger charge is -2.31. The highest BCUT2D eigenvalue weighted by atomic mass is 16.6. The summed E-state index contributed by atoms with van der Waals surface area (Å²) >= 11 is 0. The van der Waals surface area contributed by atoms with E-state index in [4.69, 9.17) is 4.74 Å². The molecule has 3 N–H and O–H groups in total. The third-order valence-electron chi connectivity index (χ3n) is 4.36. The second-order valence-corrected chi connectivity index (χ2v) is 8.54. The summed E-state index contributed by atoms with van der Waals surface area (Å²) in [5.74, 6) is 0.565. The van der Waals surface area contributed by atoms with Crippen molar-refractivity contribution >= 4 is 23.5 Å². The van der Waals surface area contributed by atoms with Crippen LogP contribution >= 0.6 is 0 Å². The van der Waals surface area contributed by atoms with E-state index in [0.717, 1.165) is 19.5 Å². The minimum atomic E-state index is -0.553. The third-order valence-corrected chi connectivity index (χ3v) is 4.36. The molecular formula is C22H38N4O3. The van der Waals surface area contributed by atoms with Gasteiger partial charge < -0.3 is 15.4 Å². The van der Waals surface area contributed by atoms with Crippen molar-refractivity contribution in [2.24, 2.45) is 5.92 Å². The normalized spacial score (nSPS) is 12.6. The Bertz CT molecular complexity index is 634. The molecule has 0 saturated carbocycles. The van der Waals surface area contributed by atoms with Crippen LogP contribution in [0.3, 0.4) is 0 Å². The fourth-order valence-corrected chi connectivity index (χ4v) is 3.09. The molecule has 0 bridgehead atoms. The zero-order valence-electron chi connectivity index (χ0n) is 19.0. The smallest absolute Gasteiger partial charge is 0.412 e. The van der Waals surface area contributed by atoms with Gasteiger partial charge in [0.25, 0.3) is 0 Å². The average Bonchev–Trinajstić information content (AvgIpc) is 2.60. The first kappa shape index (κ1) is 24.8. The summed E-state index contributed by atoms with van der Waals surface area (Å²) in [5.41, 5.74) is 0.701. The third kappa shape index (κ3) is 10.2. The van der Waals surface area contributed by atoms with Gasteiger partial charge in [0.15, 0.2) is 0 Å². The largest absolute Gasteiger partial charge is 0.444 e. The van der Waals surface area contributed by atoms with E-state index in [-0.39, 0.29) is 6.03 Å². The Kier molecular flexibility index (Phi) is 9.95. The number of carbonyl (C=O) groups is 2. The molecule has 0 fully saturated rings. The lowest BCUT2D eigenvalue weighted by atomic mass is 10.0. The van der Waals surface area contributed by atoms with Gasteiger partial charge in [-0.25, -0.2) is 9.59 Å². The molecule has 29 heavy (non-hydrogen) atoms. The van der Waals surface area contributed by atoms with Crippen LogP contribution in [0.1, 0.15) is 54.9 Å². The van der Waals surface area contributed by atoms with Crippen LogP contribution < -0.4 is 16.0 Å². The Morgan fingerprint density at radius 2 is 1.52 bits per heavy atom. The van der Waals surface area contributed by atoms with Crippen molar-refractivity contribution in [3.05, 3.63) is 24.3 Å². The van der Waals surface area contributed by atoms with Gasteiger partial charge >= 0.3 is 12.1 Å². The summed E-state index contributed by atoms with van der Waals surface area (Å²) in [6.45, 7) is 16.6. The Labute approximate surface area is 175 Å². The molecule has 7 heteroatoms. The summed E-state index contributed by atoms with van der Waals surface area (Å²) in [7, 11) is 0. The summed E-state index contributed by atoms with van der Waals surface area (Å²) in [4.78, 5) is 26.5. The van der Waals surface area contributed by atoms with Crippen molar-refractivity contribution in [3.8, 4) is 0 Å². The molecule has 0 spiro atoms. The van der Waals surface area contributed by atoms with E-state index in [1.807, 2.05) is 20.8 Å². The second kappa shape index (κ2) is 11.7. The van der Waals surface area contributed by atoms with Crippen molar-refractivity contribution in [1.82, 2.24) is 10.2 Å². The zero-order valence-corrected chi connectivity index (χ0v) is 19.0. The van der Waals surface area contributed by atoms with Crippen molar-refractivity contribution in [2.75, 3.05) is 30.3 Å². The fraction of sp³-hybridized carbons (Fsp3) is 0.636. The number of amides is 3. The van der Waals surface area contributed by atoms with Gasteiger partial charge in [0, 0.05) is 24.0 Å². The molecule has 7 nitrogen and oxygen atoms in total. The van der Waals surface area contributed by atoms with Crippen molar-refractivity contribution in [2.45, 2.75) is 66.5 Å². The van der Waals surface area contributed by atoms with Gasteiger partial charge in [-0.15, -0.1) is 0 Å². The average molecular weight is 407 g/mol. The van der Waals surface area contributed by atoms with E-state index < -0.39 is 11.7 Å². The van der Waals surface area contributed by atoms with E-state index in [1.54, 1.807) is 24.3 Å². The number of benzene rings is 1. The van der Waals surface area contributed by atoms with E-state index >= 15 is 0 Å². The minimum Gasteiger partial charge on any atom is -0.444 e. The molecule has 1 atom stereocenters. The summed E-state index contributed by atoms with van der Waals surface area (Å²) < 4.78 is 5.22. The first-order valence-corrected chi connectivity index (χ1v) is 10.4. The number of nitrogens with zero attached hydrogens (tertiary/aromatic N) is 1. The van der Waals surface area contributed by atoms with Crippen molar-refractivity contribution in [1.29, 1.82) is 0 Å². The number of nitrogens with one attached hydrogen (secondary N) is 3. The molecule has 0 saturated heterocycles. The van der Waals surface area contributed by atoms with Gasteiger partial charge in [-0.3, -0.25) is 10.2 Å². The minimum absolute atomic E-state index is 0.237. The van der Waals surface area contributed by atoms with Crippen LogP contribution in [0.4, 0.5) is 21.0 Å². The number of hydrogen-bond acceptors (Lipinski definition) is 4. The SMILES string of the molecule is CCN(CC)C(CNC(=O)Nc1ccc(NC(=O)OC(C)(C)C)cc1)CC(C)C. The Morgan fingerprint density at radius 1 is 1.00 bits per heavy atom. The van der Waals surface area contributed by atoms with Crippen LogP contribution in [-0.2, 0) is 4.74 Å². The van der Waals surface area contributed by atoms with Crippen molar-refractivity contribution < 1.29 is 14.3 Å². The Hall–Kier alpha value is -2.28. The van der Waals surface area contributed by atoms with Crippen LogP contribution in [0.25, 0.3) is 0 Å². The fourth-order valence-electron chi connectivity index (χ4n) is 3.09. The maximum absolute atomic E-state index is 12.3. The summed E-state index contributed by atoms with van der Waals surface area (Å²) in [5, 5.41) is 8.48. The molecular weight excluding hydrogens is 368 g/mol. The summed E-state index contributed by atoms with van der Waals surface area (Å²) in [6.07, 6.45) is 0.524. The lowest BCUT2D eigenvalue weighted by Crippen LogP contribution is -2.45. The highest BCUT2D eigenvalue weighted by Gasteiger charge is 2.18. The standard InChI is InChI=1S/C22H38N4O3/c1-8-26(9-2)19(14-16(3)4)15-23-20(27)24-17-10-12-18(13-11-17)25-21(28)29-22(5,6)7/h10-13,16,19H,8-9,14-15H2,1-7H3,(H,25,28)(H2,23,24,27). The molecule has 1 aromatic carbocycles. The van der Waals surface area contributed by atoms with Gasteiger partial charge in [0.2, 0.25) is 0 Å². The first-order chi connectivity index (χ1) is 13.5. The number of urea groups is 1. The molecule has 1 rings (SSSR count). The Balaban J connectivity index is 2.56. The maximum atomic E-state index is 12.3. The molecule has 3 amide bonds. The van der Waals surface area contributed by atoms with Gasteiger partial charge in [-0.1, -0.05) is 27.7 Å². The van der Waals surface area contributed by atoms with E-state index in [0.29, 0.717) is 29.9 Å². The van der Waals surface area contributed by atoms with Gasteiger partial charge in [0.1, 0.15) is 5.60 Å². The van der Waals surface area contributed by atoms with Crippen LogP contribution in [0.15, 0.2) is 24.3 Å². The molecule has 0 radical (unpaired) electrons. The highest BCUT2D eigenvalue weighted by molar-refractivity contribution is 5.90. The topological polar surface area (TPSA) is 82.7 Å². The quantitative estimate of drug-likeness (QED) is 0.544. The molecule has 0 aliphatic rings. The predicted molar refractivity (Wildman–Crippen MR) is 119 cm³/mol. The Morgan fingerprint density at radius 3 is 1.97 bits per heavy atom. The molecule has 1 aromatic rings. The number of anilines is 2. The number of hydrogen-bond donors (Lipinski definition) is 3. The zero-order chi connectivity index (χ0) is 22.0. The van der Waals surface area contributed by atoms with Crippen LogP contribution in [0, 0.1) is 5.92 Å². The van der Waals surface area contributed by atoms with Crippen LogP contribution in [-0.4, -0.2) is 48.3 Å². The predicted octanol–water partition coefficient (Wildman–Crippen LogP) is 4.91. The van der Waals surface area contributed by atoms with Crippen LogP contribution in [0.2, 0.25) is 0 Å². The summed E-state index contributed by atoms with van der Waals surface area (Å²) in [6, 6.07) is 6.99. The van der Waals surface area contributed by atoms with Gasteiger partial charge in [0.05, 0.1) is 0 Å². The van der Waals surface area contributed by atoms with E-state index in [1.165, 1.54) is 0 Å². The number of likely N-dealkylation sites (N-methyl/N-ethyl adjacent to an activating group) is 1. The molecule has 164 valence electrons. The van der Waals surface area contributed by atoms with E-state index in [2.05, 4.69) is 48.5 Å². The number of rotatable bonds is 9. The van der Waals surface area contributed by atoms with Crippen LogP contribution in [0.5, 0.6) is 0 Å². The van der Waals surface area contributed by atoms with Gasteiger partial charge in [-0.05, 0) is 70.5 Å². The molecule has 0 aliphatic heterocycles. The number of carbonyl (C=O) groups excluding carboxylic acids is 2. The first-order valence-electron chi connectivity index (χ1n) is 10.4. The molecule has 1 unspecified atom stereocenters. The lowest BCUT2D eigenvalue weighted by molar-refractivity contribution is 0.0636. The van der Waals surface area contributed by atoms with E-state index in [9.17, 15) is 9.59 Å². The van der Waals surface area contributed by atoms with Gasteiger partial charge in [-0.2, -0.15) is 0 Å². The molecule has 0 heterocycles. The number of ether oxygens (including phenoxy) is 1. The second-order valence-electron chi connectivity index (χ2n) is 8.54. The molecule has 0 aliphatic carbocycles. The molecule has 0 aromatic heterocycles.